The Labute approximate surface area is 140 Å². The highest BCUT2D eigenvalue weighted by Crippen LogP contribution is 2.24. The van der Waals surface area contributed by atoms with E-state index in [4.69, 9.17) is 10.5 Å². The number of hydrogen-bond donors (Lipinski definition) is 1. The van der Waals surface area contributed by atoms with Crippen molar-refractivity contribution in [2.75, 3.05) is 20.2 Å². The van der Waals surface area contributed by atoms with Gasteiger partial charge in [0.15, 0.2) is 0 Å². The lowest BCUT2D eigenvalue weighted by Crippen LogP contribution is -2.53. The van der Waals surface area contributed by atoms with Crippen molar-refractivity contribution in [1.29, 1.82) is 0 Å². The maximum absolute atomic E-state index is 12.6. The van der Waals surface area contributed by atoms with Gasteiger partial charge in [-0.2, -0.15) is 0 Å². The molecule has 0 radical (unpaired) electrons. The molecule has 1 unspecified atom stereocenters. The summed E-state index contributed by atoms with van der Waals surface area (Å²) in [4.78, 5) is 14.5. The normalized spacial score (nSPS) is 18.8. The molecule has 0 bridgehead atoms. The number of benzene rings is 1. The summed E-state index contributed by atoms with van der Waals surface area (Å²) in [5.41, 5.74) is 6.14. The molecule has 0 saturated carbocycles. The number of ether oxygens (including phenoxy) is 1. The molecule has 1 heterocycles. The quantitative estimate of drug-likeness (QED) is 0.881. The number of nitrogens with zero attached hydrogens (tertiary/aromatic N) is 1. The monoisotopic (exact) mass is 376 g/mol. The topological polar surface area (TPSA) is 55.6 Å². The zero-order valence-electron chi connectivity index (χ0n) is 12.3. The highest BCUT2D eigenvalue weighted by Gasteiger charge is 2.36. The number of piperidine rings is 1. The summed E-state index contributed by atoms with van der Waals surface area (Å²) in [6.07, 6.45) is 2.01. The molecule has 118 valence electrons. The molecule has 6 heteroatoms. The average molecular weight is 378 g/mol. The Hall–Kier alpha value is -0.620. The predicted molar refractivity (Wildman–Crippen MR) is 89.5 cm³/mol. The fraction of sp³-hybridized carbons (Fsp3) is 0.533. The van der Waals surface area contributed by atoms with Crippen molar-refractivity contribution in [1.82, 2.24) is 4.90 Å². The van der Waals surface area contributed by atoms with Crippen molar-refractivity contribution in [3.8, 4) is 0 Å². The highest BCUT2D eigenvalue weighted by atomic mass is 79.9. The lowest BCUT2D eigenvalue weighted by Gasteiger charge is -2.36. The molecule has 2 rings (SSSR count). The van der Waals surface area contributed by atoms with Crippen LogP contribution in [0, 0.1) is 0 Å². The molecule has 1 aliphatic heterocycles. The highest BCUT2D eigenvalue weighted by molar-refractivity contribution is 9.10. The van der Waals surface area contributed by atoms with Gasteiger partial charge < -0.3 is 15.4 Å². The zero-order valence-corrected chi connectivity index (χ0v) is 14.7. The molecule has 0 aromatic heterocycles. The molecule has 2 N–H and O–H groups in total. The van der Waals surface area contributed by atoms with Crippen molar-refractivity contribution in [3.63, 3.8) is 0 Å². The second kappa shape index (κ2) is 7.58. The summed E-state index contributed by atoms with van der Waals surface area (Å²) in [5.74, 6) is -0.0191. The van der Waals surface area contributed by atoms with E-state index in [1.165, 1.54) is 0 Å². The zero-order chi connectivity index (χ0) is 14.8. The van der Waals surface area contributed by atoms with E-state index >= 15 is 0 Å². The number of carbonyl (C=O) groups excluding carboxylic acids is 1. The molecule has 1 aromatic rings. The van der Waals surface area contributed by atoms with Crippen LogP contribution in [0.1, 0.15) is 25.3 Å². The number of hydrogen-bond acceptors (Lipinski definition) is 3. The second-order valence-electron chi connectivity index (χ2n) is 5.44. The number of methoxy groups -OCH3 is 1. The van der Waals surface area contributed by atoms with E-state index in [2.05, 4.69) is 15.9 Å². The van der Waals surface area contributed by atoms with E-state index in [9.17, 15) is 4.79 Å². The van der Waals surface area contributed by atoms with E-state index in [1.54, 1.807) is 14.0 Å². The standard InChI is InChI=1S/C15H21BrN2O2.ClH/c1-15(17,11-3-5-12(16)6-4-11)14(19)18-9-7-13(20-2)8-10-18;/h3-6,13H,7-10,17H2,1-2H3;1H. The first-order chi connectivity index (χ1) is 9.45. The number of likely N-dealkylation sites (tertiary alicyclic amines) is 1. The molecule has 0 aliphatic carbocycles. The molecule has 4 nitrogen and oxygen atoms in total. The molecule has 1 saturated heterocycles. The van der Waals surface area contributed by atoms with Gasteiger partial charge in [-0.15, -0.1) is 12.4 Å². The van der Waals surface area contributed by atoms with Gasteiger partial charge in [0, 0.05) is 24.7 Å². The van der Waals surface area contributed by atoms with Gasteiger partial charge in [0.25, 0.3) is 0 Å². The summed E-state index contributed by atoms with van der Waals surface area (Å²) in [6, 6.07) is 7.60. The molecule has 0 spiro atoms. The first-order valence-corrected chi connectivity index (χ1v) is 7.61. The van der Waals surface area contributed by atoms with Gasteiger partial charge in [-0.3, -0.25) is 4.79 Å². The Kier molecular flexibility index (Phi) is 6.66. The van der Waals surface area contributed by atoms with Crippen LogP contribution in [0.5, 0.6) is 0 Å². The molecule has 21 heavy (non-hydrogen) atoms. The largest absolute Gasteiger partial charge is 0.381 e. The van der Waals surface area contributed by atoms with Gasteiger partial charge in [-0.05, 0) is 37.5 Å². The third kappa shape index (κ3) is 4.19. The Balaban J connectivity index is 0.00000220. The van der Waals surface area contributed by atoms with E-state index in [0.29, 0.717) is 13.1 Å². The average Bonchev–Trinajstić information content (AvgIpc) is 2.47. The Bertz CT molecular complexity index is 471. The van der Waals surface area contributed by atoms with Crippen LogP contribution in [0.3, 0.4) is 0 Å². The SMILES string of the molecule is COC1CCN(C(=O)C(C)(N)c2ccc(Br)cc2)CC1.Cl. The van der Waals surface area contributed by atoms with Crippen LogP contribution >= 0.6 is 28.3 Å². The summed E-state index contributed by atoms with van der Waals surface area (Å²) in [7, 11) is 1.72. The maximum atomic E-state index is 12.6. The van der Waals surface area contributed by atoms with Gasteiger partial charge in [0.2, 0.25) is 5.91 Å². The number of rotatable bonds is 3. The fourth-order valence-corrected chi connectivity index (χ4v) is 2.81. The number of carbonyl (C=O) groups is 1. The minimum absolute atomic E-state index is 0. The third-order valence-corrected chi connectivity index (χ3v) is 4.48. The van der Waals surface area contributed by atoms with Crippen molar-refractivity contribution in [2.24, 2.45) is 5.73 Å². The van der Waals surface area contributed by atoms with Crippen LogP contribution in [0.4, 0.5) is 0 Å². The fourth-order valence-electron chi connectivity index (χ4n) is 2.54. The molecular formula is C15H22BrClN2O2. The van der Waals surface area contributed by atoms with Crippen LogP contribution in [0.15, 0.2) is 28.7 Å². The first kappa shape index (κ1) is 18.4. The van der Waals surface area contributed by atoms with E-state index in [0.717, 1.165) is 22.9 Å². The summed E-state index contributed by atoms with van der Waals surface area (Å²) in [6.45, 7) is 3.20. The van der Waals surface area contributed by atoms with Crippen LogP contribution in [0.2, 0.25) is 0 Å². The van der Waals surface area contributed by atoms with Gasteiger partial charge in [-0.1, -0.05) is 28.1 Å². The van der Waals surface area contributed by atoms with E-state index in [1.807, 2.05) is 29.2 Å². The second-order valence-corrected chi connectivity index (χ2v) is 6.35. The summed E-state index contributed by atoms with van der Waals surface area (Å²) in [5, 5.41) is 0. The minimum atomic E-state index is -0.986. The maximum Gasteiger partial charge on any atom is 0.246 e. The van der Waals surface area contributed by atoms with Crippen molar-refractivity contribution < 1.29 is 9.53 Å². The molecule has 1 amide bonds. The van der Waals surface area contributed by atoms with E-state index in [-0.39, 0.29) is 24.4 Å². The Morgan fingerprint density at radius 1 is 1.33 bits per heavy atom. The van der Waals surface area contributed by atoms with Crippen LogP contribution in [-0.4, -0.2) is 37.1 Å². The smallest absolute Gasteiger partial charge is 0.246 e. The Morgan fingerprint density at radius 2 is 1.86 bits per heavy atom. The lowest BCUT2D eigenvalue weighted by molar-refractivity contribution is -0.139. The van der Waals surface area contributed by atoms with Crippen LogP contribution < -0.4 is 5.73 Å². The molecular weight excluding hydrogens is 356 g/mol. The number of halogens is 2. The summed E-state index contributed by atoms with van der Waals surface area (Å²) >= 11 is 3.39. The third-order valence-electron chi connectivity index (χ3n) is 3.95. The molecule has 1 fully saturated rings. The van der Waals surface area contributed by atoms with E-state index < -0.39 is 5.54 Å². The van der Waals surface area contributed by atoms with Gasteiger partial charge in [0.05, 0.1) is 6.10 Å². The minimum Gasteiger partial charge on any atom is -0.381 e. The lowest BCUT2D eigenvalue weighted by atomic mass is 9.90. The van der Waals surface area contributed by atoms with Gasteiger partial charge in [0.1, 0.15) is 5.54 Å². The van der Waals surface area contributed by atoms with Gasteiger partial charge in [-0.25, -0.2) is 0 Å². The van der Waals surface area contributed by atoms with Crippen LogP contribution in [-0.2, 0) is 15.1 Å². The van der Waals surface area contributed by atoms with Crippen LogP contribution in [0.25, 0.3) is 0 Å². The summed E-state index contributed by atoms with van der Waals surface area (Å²) < 4.78 is 6.31. The molecule has 1 aromatic carbocycles. The number of amides is 1. The molecule has 1 atom stereocenters. The van der Waals surface area contributed by atoms with Crippen molar-refractivity contribution in [2.45, 2.75) is 31.4 Å². The Morgan fingerprint density at radius 3 is 2.33 bits per heavy atom. The van der Waals surface area contributed by atoms with Gasteiger partial charge >= 0.3 is 0 Å². The van der Waals surface area contributed by atoms with Crippen molar-refractivity contribution >= 4 is 34.2 Å². The molecule has 1 aliphatic rings. The predicted octanol–water partition coefficient (Wildman–Crippen LogP) is 2.68. The van der Waals surface area contributed by atoms with Crippen molar-refractivity contribution in [3.05, 3.63) is 34.3 Å². The first-order valence-electron chi connectivity index (χ1n) is 6.82. The number of nitrogens with two attached hydrogens (primary N) is 1.